The fraction of sp³-hybridized carbons (Fsp3) is 0.364. The van der Waals surface area contributed by atoms with Crippen LogP contribution in [0, 0.1) is 0 Å². The van der Waals surface area contributed by atoms with Crippen molar-refractivity contribution >= 4 is 17.4 Å². The Kier molecular flexibility index (Phi) is 4.94. The van der Waals surface area contributed by atoms with Gasteiger partial charge in [0.1, 0.15) is 23.3 Å². The van der Waals surface area contributed by atoms with Crippen molar-refractivity contribution in [3.63, 3.8) is 0 Å². The van der Waals surface area contributed by atoms with Gasteiger partial charge in [0.15, 0.2) is 0 Å². The molecule has 1 aromatic carbocycles. The first-order chi connectivity index (χ1) is 13.6. The van der Waals surface area contributed by atoms with Gasteiger partial charge >= 0.3 is 0 Å². The van der Waals surface area contributed by atoms with Gasteiger partial charge in [-0.05, 0) is 37.1 Å². The molecule has 1 N–H and O–H groups in total. The van der Waals surface area contributed by atoms with Crippen molar-refractivity contribution in [1.29, 1.82) is 0 Å². The van der Waals surface area contributed by atoms with E-state index in [1.165, 1.54) is 13.4 Å². The maximum absolute atomic E-state index is 13.0. The van der Waals surface area contributed by atoms with Crippen molar-refractivity contribution in [1.82, 2.24) is 4.90 Å². The molecule has 0 radical (unpaired) electrons. The Hall–Kier alpha value is -3.02. The number of hydrogen-bond acceptors (Lipinski definition) is 5. The van der Waals surface area contributed by atoms with E-state index in [1.807, 2.05) is 0 Å². The lowest BCUT2D eigenvalue weighted by molar-refractivity contribution is -0.142. The summed E-state index contributed by atoms with van der Waals surface area (Å²) in [5.41, 5.74) is 0.429. The molecular weight excluding hydrogens is 358 g/mol. The lowest BCUT2D eigenvalue weighted by Crippen LogP contribution is -2.40. The van der Waals surface area contributed by atoms with Crippen LogP contribution in [0.1, 0.15) is 49.5 Å². The van der Waals surface area contributed by atoms with Gasteiger partial charge in [-0.3, -0.25) is 9.59 Å². The van der Waals surface area contributed by atoms with Crippen molar-refractivity contribution in [3.8, 4) is 5.75 Å². The number of methoxy groups -OCH3 is 1. The molecule has 146 valence electrons. The van der Waals surface area contributed by atoms with E-state index >= 15 is 0 Å². The Morgan fingerprint density at radius 3 is 2.54 bits per heavy atom. The summed E-state index contributed by atoms with van der Waals surface area (Å²) < 4.78 is 10.9. The number of carbonyl (C=O) groups is 2. The van der Waals surface area contributed by atoms with Gasteiger partial charge in [-0.2, -0.15) is 0 Å². The number of furan rings is 1. The number of amides is 1. The molecule has 2 aromatic rings. The number of ketones is 1. The Bertz CT molecular complexity index is 909. The molecule has 1 aliphatic heterocycles. The summed E-state index contributed by atoms with van der Waals surface area (Å²) >= 11 is 0. The second-order valence-electron chi connectivity index (χ2n) is 7.21. The van der Waals surface area contributed by atoms with E-state index in [9.17, 15) is 14.7 Å². The summed E-state index contributed by atoms with van der Waals surface area (Å²) in [5.74, 6) is -0.598. The van der Waals surface area contributed by atoms with Crippen LogP contribution in [0.4, 0.5) is 0 Å². The second kappa shape index (κ2) is 7.54. The molecule has 1 atom stereocenters. The first-order valence-corrected chi connectivity index (χ1v) is 9.60. The molecule has 0 bridgehead atoms. The number of carbonyl (C=O) groups excluding carboxylic acids is 2. The number of benzene rings is 1. The quantitative estimate of drug-likeness (QED) is 0.491. The van der Waals surface area contributed by atoms with E-state index < -0.39 is 17.7 Å². The highest BCUT2D eigenvalue weighted by Crippen LogP contribution is 2.44. The van der Waals surface area contributed by atoms with Crippen LogP contribution in [0.15, 0.2) is 52.7 Å². The molecular formula is C22H23NO5. The normalized spacial score (nSPS) is 22.6. The molecule has 2 fully saturated rings. The van der Waals surface area contributed by atoms with Crippen LogP contribution in [0.25, 0.3) is 5.76 Å². The molecule has 28 heavy (non-hydrogen) atoms. The summed E-state index contributed by atoms with van der Waals surface area (Å²) in [6.45, 7) is 0. The van der Waals surface area contributed by atoms with Gasteiger partial charge in [0, 0.05) is 6.04 Å². The summed E-state index contributed by atoms with van der Waals surface area (Å²) in [7, 11) is 1.50. The highest BCUT2D eigenvalue weighted by Gasteiger charge is 2.50. The van der Waals surface area contributed by atoms with Gasteiger partial charge in [-0.1, -0.05) is 31.4 Å². The molecule has 6 heteroatoms. The van der Waals surface area contributed by atoms with Gasteiger partial charge < -0.3 is 19.2 Å². The Balaban J connectivity index is 1.87. The third-order valence-corrected chi connectivity index (χ3v) is 5.62. The maximum atomic E-state index is 13.0. The monoisotopic (exact) mass is 381 g/mol. The van der Waals surface area contributed by atoms with Crippen molar-refractivity contribution in [2.45, 2.75) is 44.2 Å². The minimum Gasteiger partial charge on any atom is -0.507 e. The number of aliphatic hydroxyl groups is 1. The molecule has 4 rings (SSSR count). The van der Waals surface area contributed by atoms with Crippen LogP contribution in [0.3, 0.4) is 0 Å². The van der Waals surface area contributed by atoms with Gasteiger partial charge in [0.2, 0.25) is 0 Å². The van der Waals surface area contributed by atoms with Gasteiger partial charge in [-0.25, -0.2) is 0 Å². The zero-order chi connectivity index (χ0) is 19.7. The molecule has 1 amide bonds. The van der Waals surface area contributed by atoms with Crippen LogP contribution in [-0.2, 0) is 9.59 Å². The van der Waals surface area contributed by atoms with Crippen LogP contribution in [0.2, 0.25) is 0 Å². The van der Waals surface area contributed by atoms with Crippen LogP contribution in [-0.4, -0.2) is 34.8 Å². The summed E-state index contributed by atoms with van der Waals surface area (Å²) in [5, 5.41) is 11.1. The lowest BCUT2D eigenvalue weighted by atomic mass is 9.92. The van der Waals surface area contributed by atoms with Crippen LogP contribution >= 0.6 is 0 Å². The number of nitrogens with zero attached hydrogens (tertiary/aromatic N) is 1. The minimum atomic E-state index is -0.733. The average Bonchev–Trinajstić information content (AvgIpc) is 3.35. The largest absolute Gasteiger partial charge is 0.507 e. The number of aliphatic hydroxyl groups excluding tert-OH is 1. The van der Waals surface area contributed by atoms with E-state index in [0.29, 0.717) is 17.1 Å². The molecule has 0 spiro atoms. The summed E-state index contributed by atoms with van der Waals surface area (Å²) in [4.78, 5) is 27.6. The molecule has 1 unspecified atom stereocenters. The number of ether oxygens (including phenoxy) is 1. The van der Waals surface area contributed by atoms with E-state index in [-0.39, 0.29) is 17.4 Å². The van der Waals surface area contributed by atoms with E-state index in [4.69, 9.17) is 9.15 Å². The fourth-order valence-corrected chi connectivity index (χ4v) is 4.30. The Morgan fingerprint density at radius 2 is 1.86 bits per heavy atom. The van der Waals surface area contributed by atoms with Gasteiger partial charge in [0.25, 0.3) is 11.7 Å². The fourth-order valence-electron chi connectivity index (χ4n) is 4.30. The third kappa shape index (κ3) is 2.99. The molecule has 2 aliphatic rings. The molecule has 2 heterocycles. The minimum absolute atomic E-state index is 0.0386. The zero-order valence-corrected chi connectivity index (χ0v) is 15.8. The predicted molar refractivity (Wildman–Crippen MR) is 103 cm³/mol. The number of likely N-dealkylation sites (tertiary alicyclic amines) is 1. The van der Waals surface area contributed by atoms with Crippen LogP contribution < -0.4 is 4.74 Å². The lowest BCUT2D eigenvalue weighted by Gasteiger charge is -2.34. The number of para-hydroxylation sites is 1. The molecule has 1 saturated heterocycles. The number of Topliss-reactive ketones (excluding diaryl/α,β-unsaturated/α-hetero) is 1. The van der Waals surface area contributed by atoms with Crippen molar-refractivity contribution in [3.05, 3.63) is 59.6 Å². The molecule has 1 aromatic heterocycles. The smallest absolute Gasteiger partial charge is 0.296 e. The third-order valence-electron chi connectivity index (χ3n) is 5.62. The van der Waals surface area contributed by atoms with Crippen LogP contribution in [0.5, 0.6) is 5.75 Å². The number of hydrogen-bond donors (Lipinski definition) is 1. The number of rotatable bonds is 4. The maximum Gasteiger partial charge on any atom is 0.296 e. The van der Waals surface area contributed by atoms with Crippen molar-refractivity contribution in [2.24, 2.45) is 0 Å². The topological polar surface area (TPSA) is 80.0 Å². The van der Waals surface area contributed by atoms with Gasteiger partial charge in [-0.15, -0.1) is 0 Å². The summed E-state index contributed by atoms with van der Waals surface area (Å²) in [6, 6.07) is 9.58. The van der Waals surface area contributed by atoms with Gasteiger partial charge in [0.05, 0.1) is 24.5 Å². The Morgan fingerprint density at radius 1 is 1.11 bits per heavy atom. The molecule has 6 nitrogen and oxygen atoms in total. The highest BCUT2D eigenvalue weighted by atomic mass is 16.5. The molecule has 1 saturated carbocycles. The molecule has 1 aliphatic carbocycles. The van der Waals surface area contributed by atoms with E-state index in [2.05, 4.69) is 0 Å². The van der Waals surface area contributed by atoms with E-state index in [1.54, 1.807) is 41.3 Å². The summed E-state index contributed by atoms with van der Waals surface area (Å²) in [6.07, 6.45) is 6.38. The standard InChI is InChI=1S/C22H23NO5/c1-27-16-11-6-5-10-15(16)20(24)18-19(17-12-7-13-28-17)23(22(26)21(18)25)14-8-3-2-4-9-14/h5-7,10-14,19,24H,2-4,8-9H2,1H3/b20-18-. The highest BCUT2D eigenvalue weighted by molar-refractivity contribution is 6.46. The second-order valence-corrected chi connectivity index (χ2v) is 7.21. The first kappa shape index (κ1) is 18.3. The van der Waals surface area contributed by atoms with Crippen molar-refractivity contribution < 1.29 is 23.8 Å². The van der Waals surface area contributed by atoms with Crippen molar-refractivity contribution in [2.75, 3.05) is 7.11 Å². The predicted octanol–water partition coefficient (Wildman–Crippen LogP) is 4.04. The zero-order valence-electron chi connectivity index (χ0n) is 15.8. The first-order valence-electron chi connectivity index (χ1n) is 9.60. The SMILES string of the molecule is COc1ccccc1/C(O)=C1/C(=O)C(=O)N(C2CCCCC2)C1c1ccco1. The Labute approximate surface area is 163 Å². The van der Waals surface area contributed by atoms with E-state index in [0.717, 1.165) is 32.1 Å². The average molecular weight is 381 g/mol.